The molecule has 3 rings (SSSR count). The van der Waals surface area contributed by atoms with Crippen molar-refractivity contribution < 1.29 is 14.1 Å². The average molecular weight is 337 g/mol. The molecule has 1 atom stereocenters. The lowest BCUT2D eigenvalue weighted by atomic mass is 10.1. The Morgan fingerprint density at radius 1 is 1.12 bits per heavy atom. The van der Waals surface area contributed by atoms with Crippen LogP contribution in [0.5, 0.6) is 5.75 Å². The normalized spacial score (nSPS) is 11.8. The van der Waals surface area contributed by atoms with E-state index in [1.54, 1.807) is 26.2 Å². The van der Waals surface area contributed by atoms with Crippen LogP contribution in [0.1, 0.15) is 34.8 Å². The summed E-state index contributed by atoms with van der Waals surface area (Å²) in [6.07, 6.45) is 0. The molecule has 0 spiro atoms. The van der Waals surface area contributed by atoms with E-state index in [1.165, 1.54) is 0 Å². The fourth-order valence-electron chi connectivity index (χ4n) is 2.32. The van der Waals surface area contributed by atoms with Gasteiger partial charge in [-0.25, -0.2) is 0 Å². The molecule has 3 aromatic rings. The molecular formula is C19H19N3O3. The van der Waals surface area contributed by atoms with Crippen LogP contribution in [0.4, 0.5) is 0 Å². The third-order valence-corrected chi connectivity index (χ3v) is 3.82. The molecule has 0 saturated carbocycles. The number of hydrogen-bond donors (Lipinski definition) is 1. The summed E-state index contributed by atoms with van der Waals surface area (Å²) in [5, 5.41) is 6.84. The predicted molar refractivity (Wildman–Crippen MR) is 93.3 cm³/mol. The van der Waals surface area contributed by atoms with Crippen molar-refractivity contribution in [2.75, 3.05) is 7.11 Å². The summed E-state index contributed by atoms with van der Waals surface area (Å²) in [7, 11) is 1.61. The van der Waals surface area contributed by atoms with E-state index >= 15 is 0 Å². The van der Waals surface area contributed by atoms with Gasteiger partial charge in [0.1, 0.15) is 11.8 Å². The van der Waals surface area contributed by atoms with Crippen LogP contribution in [0.25, 0.3) is 11.4 Å². The van der Waals surface area contributed by atoms with Gasteiger partial charge in [-0.05, 0) is 50.2 Å². The molecule has 128 valence electrons. The first kappa shape index (κ1) is 16.7. The molecule has 1 amide bonds. The quantitative estimate of drug-likeness (QED) is 0.770. The van der Waals surface area contributed by atoms with Gasteiger partial charge in [0, 0.05) is 11.1 Å². The molecule has 0 fully saturated rings. The van der Waals surface area contributed by atoms with Crippen molar-refractivity contribution in [3.8, 4) is 17.1 Å². The molecule has 0 saturated heterocycles. The van der Waals surface area contributed by atoms with E-state index in [-0.39, 0.29) is 5.91 Å². The summed E-state index contributed by atoms with van der Waals surface area (Å²) in [4.78, 5) is 16.6. The molecule has 0 aliphatic carbocycles. The Hall–Kier alpha value is -3.15. The Bertz CT molecular complexity index is 854. The molecule has 6 nitrogen and oxygen atoms in total. The molecule has 1 N–H and O–H groups in total. The first-order valence-electron chi connectivity index (χ1n) is 7.92. The number of amides is 1. The lowest BCUT2D eigenvalue weighted by Gasteiger charge is -2.09. The number of ether oxygens (including phenoxy) is 1. The number of benzene rings is 2. The maximum absolute atomic E-state index is 12.3. The number of nitrogens with one attached hydrogen (secondary N) is 1. The van der Waals surface area contributed by atoms with E-state index in [1.807, 2.05) is 43.3 Å². The summed E-state index contributed by atoms with van der Waals surface area (Å²) in [5.41, 5.74) is 2.51. The van der Waals surface area contributed by atoms with Crippen LogP contribution in [-0.2, 0) is 0 Å². The van der Waals surface area contributed by atoms with Crippen molar-refractivity contribution >= 4 is 5.91 Å². The number of rotatable bonds is 5. The van der Waals surface area contributed by atoms with Crippen LogP contribution < -0.4 is 10.1 Å². The second kappa shape index (κ2) is 7.17. The maximum atomic E-state index is 12.3. The molecular weight excluding hydrogens is 318 g/mol. The lowest BCUT2D eigenvalue weighted by Crippen LogP contribution is -2.26. The zero-order chi connectivity index (χ0) is 17.8. The van der Waals surface area contributed by atoms with Crippen molar-refractivity contribution in [1.82, 2.24) is 15.5 Å². The fourth-order valence-corrected chi connectivity index (χ4v) is 2.32. The Balaban J connectivity index is 1.70. The average Bonchev–Trinajstić information content (AvgIpc) is 3.12. The SMILES string of the molecule is COc1ccc(-c2noc([C@@H](C)NC(=O)c3ccc(C)cc3)n2)cc1. The lowest BCUT2D eigenvalue weighted by molar-refractivity contribution is 0.0932. The van der Waals surface area contributed by atoms with Crippen LogP contribution in [0.2, 0.25) is 0 Å². The molecule has 6 heteroatoms. The maximum Gasteiger partial charge on any atom is 0.251 e. The van der Waals surface area contributed by atoms with Crippen molar-refractivity contribution in [3.63, 3.8) is 0 Å². The molecule has 0 aliphatic rings. The summed E-state index contributed by atoms with van der Waals surface area (Å²) < 4.78 is 10.4. The summed E-state index contributed by atoms with van der Waals surface area (Å²) in [6, 6.07) is 14.3. The highest BCUT2D eigenvalue weighted by molar-refractivity contribution is 5.94. The molecule has 1 aromatic heterocycles. The van der Waals surface area contributed by atoms with Crippen molar-refractivity contribution in [3.05, 3.63) is 65.5 Å². The van der Waals surface area contributed by atoms with E-state index < -0.39 is 6.04 Å². The number of carbonyl (C=O) groups is 1. The predicted octanol–water partition coefficient (Wildman–Crippen LogP) is 3.54. The number of hydrogen-bond acceptors (Lipinski definition) is 5. The van der Waals surface area contributed by atoms with Crippen LogP contribution in [-0.4, -0.2) is 23.2 Å². The van der Waals surface area contributed by atoms with Gasteiger partial charge in [0.05, 0.1) is 7.11 Å². The number of aryl methyl sites for hydroxylation is 1. The first-order valence-corrected chi connectivity index (χ1v) is 7.92. The Kier molecular flexibility index (Phi) is 4.79. The third kappa shape index (κ3) is 3.85. The minimum absolute atomic E-state index is 0.184. The molecule has 0 bridgehead atoms. The van der Waals surface area contributed by atoms with Gasteiger partial charge in [-0.2, -0.15) is 4.98 Å². The Morgan fingerprint density at radius 2 is 1.80 bits per heavy atom. The number of methoxy groups -OCH3 is 1. The van der Waals surface area contributed by atoms with Crippen LogP contribution in [0.3, 0.4) is 0 Å². The highest BCUT2D eigenvalue weighted by Gasteiger charge is 2.18. The first-order chi connectivity index (χ1) is 12.1. The summed E-state index contributed by atoms with van der Waals surface area (Å²) in [6.45, 7) is 3.78. The summed E-state index contributed by atoms with van der Waals surface area (Å²) >= 11 is 0. The molecule has 1 heterocycles. The van der Waals surface area contributed by atoms with E-state index in [2.05, 4.69) is 15.5 Å². The topological polar surface area (TPSA) is 77.3 Å². The molecule has 0 unspecified atom stereocenters. The van der Waals surface area contributed by atoms with Crippen molar-refractivity contribution in [1.29, 1.82) is 0 Å². The molecule has 2 aromatic carbocycles. The van der Waals surface area contributed by atoms with Gasteiger partial charge in [-0.3, -0.25) is 4.79 Å². The Morgan fingerprint density at radius 3 is 2.44 bits per heavy atom. The number of aromatic nitrogens is 2. The minimum atomic E-state index is -0.395. The van der Waals surface area contributed by atoms with Gasteiger partial charge in [0.25, 0.3) is 5.91 Å². The van der Waals surface area contributed by atoms with E-state index in [0.717, 1.165) is 16.9 Å². The highest BCUT2D eigenvalue weighted by Crippen LogP contribution is 2.21. The zero-order valence-corrected chi connectivity index (χ0v) is 14.3. The highest BCUT2D eigenvalue weighted by atomic mass is 16.5. The van der Waals surface area contributed by atoms with Crippen LogP contribution in [0, 0.1) is 6.92 Å². The van der Waals surface area contributed by atoms with Crippen molar-refractivity contribution in [2.45, 2.75) is 19.9 Å². The molecule has 0 aliphatic heterocycles. The van der Waals surface area contributed by atoms with Crippen LogP contribution >= 0.6 is 0 Å². The summed E-state index contributed by atoms with van der Waals surface area (Å²) in [5.74, 6) is 1.39. The van der Waals surface area contributed by atoms with Gasteiger partial charge in [-0.15, -0.1) is 0 Å². The smallest absolute Gasteiger partial charge is 0.251 e. The molecule has 25 heavy (non-hydrogen) atoms. The van der Waals surface area contributed by atoms with Gasteiger partial charge < -0.3 is 14.6 Å². The van der Waals surface area contributed by atoms with Gasteiger partial charge in [0.2, 0.25) is 11.7 Å². The fraction of sp³-hybridized carbons (Fsp3) is 0.211. The van der Waals surface area contributed by atoms with E-state index in [0.29, 0.717) is 17.3 Å². The number of nitrogens with zero attached hydrogens (tertiary/aromatic N) is 2. The van der Waals surface area contributed by atoms with Gasteiger partial charge in [0.15, 0.2) is 0 Å². The standard InChI is InChI=1S/C19H19N3O3/c1-12-4-6-15(7-5-12)18(23)20-13(2)19-21-17(22-25-19)14-8-10-16(24-3)11-9-14/h4-11,13H,1-3H3,(H,20,23)/t13-/m1/s1. The van der Waals surface area contributed by atoms with Crippen LogP contribution in [0.15, 0.2) is 53.1 Å². The Labute approximate surface area is 145 Å². The van der Waals surface area contributed by atoms with E-state index in [9.17, 15) is 4.79 Å². The number of carbonyl (C=O) groups excluding carboxylic acids is 1. The van der Waals surface area contributed by atoms with E-state index in [4.69, 9.17) is 9.26 Å². The van der Waals surface area contributed by atoms with Crippen molar-refractivity contribution in [2.24, 2.45) is 0 Å². The second-order valence-electron chi connectivity index (χ2n) is 5.75. The minimum Gasteiger partial charge on any atom is -0.497 e. The second-order valence-corrected chi connectivity index (χ2v) is 5.75. The molecule has 0 radical (unpaired) electrons. The van der Waals surface area contributed by atoms with Gasteiger partial charge in [-0.1, -0.05) is 22.9 Å². The third-order valence-electron chi connectivity index (χ3n) is 3.82. The van der Waals surface area contributed by atoms with Gasteiger partial charge >= 0.3 is 0 Å². The largest absolute Gasteiger partial charge is 0.497 e. The monoisotopic (exact) mass is 337 g/mol. The zero-order valence-electron chi connectivity index (χ0n) is 14.3.